The zero-order valence-electron chi connectivity index (χ0n) is 12.8. The molecule has 2 aromatic rings. The summed E-state index contributed by atoms with van der Waals surface area (Å²) in [4.78, 5) is 6.81. The fourth-order valence-corrected chi connectivity index (χ4v) is 4.20. The lowest BCUT2D eigenvalue weighted by Crippen LogP contribution is -2.30. The Kier molecular flexibility index (Phi) is 5.78. The van der Waals surface area contributed by atoms with Crippen LogP contribution in [0.4, 0.5) is 0 Å². The van der Waals surface area contributed by atoms with Crippen LogP contribution in [0.1, 0.15) is 27.1 Å². The van der Waals surface area contributed by atoms with Crippen LogP contribution in [0, 0.1) is 6.92 Å². The largest absolute Gasteiger partial charge is 0.315 e. The molecule has 0 saturated heterocycles. The first-order chi connectivity index (χ1) is 9.60. The summed E-state index contributed by atoms with van der Waals surface area (Å²) >= 11 is 3.77. The summed E-state index contributed by atoms with van der Waals surface area (Å²) < 4.78 is 0. The van der Waals surface area contributed by atoms with Crippen LogP contribution in [-0.4, -0.2) is 25.0 Å². The van der Waals surface area contributed by atoms with Gasteiger partial charge in [0.05, 0.1) is 0 Å². The van der Waals surface area contributed by atoms with Gasteiger partial charge in [-0.3, -0.25) is 4.90 Å². The normalized spacial score (nSPS) is 13.1. The number of nitrogens with zero attached hydrogens (tertiary/aromatic N) is 1. The lowest BCUT2D eigenvalue weighted by molar-refractivity contribution is 0.249. The van der Waals surface area contributed by atoms with E-state index in [0.29, 0.717) is 6.04 Å². The maximum Gasteiger partial charge on any atom is 0.0296 e. The molecule has 1 unspecified atom stereocenters. The van der Waals surface area contributed by atoms with E-state index in [-0.39, 0.29) is 0 Å². The summed E-state index contributed by atoms with van der Waals surface area (Å²) in [5.41, 5.74) is 1.47. The number of hydrogen-bond donors (Lipinski definition) is 1. The molecule has 1 atom stereocenters. The number of hydrogen-bond acceptors (Lipinski definition) is 4. The second-order valence-electron chi connectivity index (χ2n) is 5.37. The number of aryl methyl sites for hydroxylation is 1. The Morgan fingerprint density at radius 3 is 2.80 bits per heavy atom. The molecule has 0 radical (unpaired) electrons. The Morgan fingerprint density at radius 1 is 1.35 bits per heavy atom. The summed E-state index contributed by atoms with van der Waals surface area (Å²) in [5, 5.41) is 5.39. The van der Waals surface area contributed by atoms with Crippen molar-refractivity contribution in [3.8, 4) is 0 Å². The maximum absolute atomic E-state index is 3.23. The van der Waals surface area contributed by atoms with Crippen LogP contribution in [0.3, 0.4) is 0 Å². The summed E-state index contributed by atoms with van der Waals surface area (Å²) in [6.07, 6.45) is 1.14. The van der Waals surface area contributed by atoms with Crippen molar-refractivity contribution in [1.82, 2.24) is 10.2 Å². The van der Waals surface area contributed by atoms with Crippen molar-refractivity contribution < 1.29 is 0 Å². The molecule has 0 aliphatic heterocycles. The molecule has 4 heteroatoms. The third-order valence-corrected chi connectivity index (χ3v) is 5.66. The van der Waals surface area contributed by atoms with E-state index in [0.717, 1.165) is 19.5 Å². The standard InChI is InChI=1S/C16H24N2S2/c1-12(8-15-6-5-7-19-15)18(4)11-14-9-16(10-17-3)20-13(14)2/h5-7,9,12,17H,8,10-11H2,1-4H3. The maximum atomic E-state index is 3.23. The Hall–Kier alpha value is -0.680. The molecular weight excluding hydrogens is 284 g/mol. The molecular formula is C16H24N2S2. The Labute approximate surface area is 130 Å². The molecule has 0 aromatic carbocycles. The van der Waals surface area contributed by atoms with E-state index in [2.05, 4.69) is 54.7 Å². The van der Waals surface area contributed by atoms with Crippen LogP contribution in [0.2, 0.25) is 0 Å². The molecule has 1 N–H and O–H groups in total. The molecule has 0 aliphatic rings. The fourth-order valence-electron chi connectivity index (χ4n) is 2.31. The van der Waals surface area contributed by atoms with Crippen molar-refractivity contribution in [2.75, 3.05) is 14.1 Å². The van der Waals surface area contributed by atoms with Gasteiger partial charge in [-0.05, 0) is 57.4 Å². The van der Waals surface area contributed by atoms with E-state index in [1.807, 2.05) is 29.7 Å². The molecule has 0 spiro atoms. The molecule has 0 amide bonds. The smallest absolute Gasteiger partial charge is 0.0296 e. The van der Waals surface area contributed by atoms with Gasteiger partial charge in [0.1, 0.15) is 0 Å². The van der Waals surface area contributed by atoms with E-state index in [1.165, 1.54) is 20.2 Å². The van der Waals surface area contributed by atoms with E-state index in [1.54, 1.807) is 0 Å². The predicted octanol–water partition coefficient (Wildman–Crippen LogP) is 3.90. The van der Waals surface area contributed by atoms with Crippen molar-refractivity contribution in [3.05, 3.63) is 43.8 Å². The van der Waals surface area contributed by atoms with Crippen LogP contribution in [0.5, 0.6) is 0 Å². The average molecular weight is 309 g/mol. The molecule has 0 aliphatic carbocycles. The highest BCUT2D eigenvalue weighted by Gasteiger charge is 2.13. The molecule has 0 fully saturated rings. The summed E-state index contributed by atoms with van der Waals surface area (Å²) in [5.74, 6) is 0. The Morgan fingerprint density at radius 2 is 2.15 bits per heavy atom. The number of thiophene rings is 2. The average Bonchev–Trinajstić information content (AvgIpc) is 3.01. The highest BCUT2D eigenvalue weighted by molar-refractivity contribution is 7.12. The van der Waals surface area contributed by atoms with Gasteiger partial charge in [0.25, 0.3) is 0 Å². The third kappa shape index (κ3) is 4.16. The van der Waals surface area contributed by atoms with Gasteiger partial charge in [0, 0.05) is 33.8 Å². The van der Waals surface area contributed by atoms with Crippen LogP contribution in [0.15, 0.2) is 23.6 Å². The Bertz CT molecular complexity index is 517. The van der Waals surface area contributed by atoms with Gasteiger partial charge >= 0.3 is 0 Å². The van der Waals surface area contributed by atoms with E-state index >= 15 is 0 Å². The van der Waals surface area contributed by atoms with Gasteiger partial charge in [0.2, 0.25) is 0 Å². The van der Waals surface area contributed by atoms with Crippen LogP contribution < -0.4 is 5.32 Å². The van der Waals surface area contributed by atoms with E-state index in [4.69, 9.17) is 0 Å². The first-order valence-electron chi connectivity index (χ1n) is 7.05. The van der Waals surface area contributed by atoms with Crippen molar-refractivity contribution in [2.24, 2.45) is 0 Å². The number of nitrogens with one attached hydrogen (secondary N) is 1. The van der Waals surface area contributed by atoms with Gasteiger partial charge in [-0.15, -0.1) is 22.7 Å². The molecule has 2 nitrogen and oxygen atoms in total. The van der Waals surface area contributed by atoms with Crippen LogP contribution >= 0.6 is 22.7 Å². The minimum atomic E-state index is 0.570. The molecule has 2 aromatic heterocycles. The highest BCUT2D eigenvalue weighted by atomic mass is 32.1. The first kappa shape index (κ1) is 15.7. The van der Waals surface area contributed by atoms with Crippen LogP contribution in [0.25, 0.3) is 0 Å². The second kappa shape index (κ2) is 7.36. The second-order valence-corrected chi connectivity index (χ2v) is 7.75. The lowest BCUT2D eigenvalue weighted by atomic mass is 10.1. The molecule has 2 heterocycles. The summed E-state index contributed by atoms with van der Waals surface area (Å²) in [7, 11) is 4.23. The van der Waals surface area contributed by atoms with Crippen molar-refractivity contribution in [1.29, 1.82) is 0 Å². The van der Waals surface area contributed by atoms with Gasteiger partial charge < -0.3 is 5.32 Å². The zero-order valence-corrected chi connectivity index (χ0v) is 14.4. The van der Waals surface area contributed by atoms with Crippen molar-refractivity contribution in [2.45, 2.75) is 39.4 Å². The van der Waals surface area contributed by atoms with Crippen LogP contribution in [-0.2, 0) is 19.5 Å². The highest BCUT2D eigenvalue weighted by Crippen LogP contribution is 2.24. The first-order valence-corrected chi connectivity index (χ1v) is 8.75. The van der Waals surface area contributed by atoms with E-state index < -0.39 is 0 Å². The molecule has 110 valence electrons. The monoisotopic (exact) mass is 308 g/mol. The minimum absolute atomic E-state index is 0.570. The molecule has 0 bridgehead atoms. The SMILES string of the molecule is CNCc1cc(CN(C)C(C)Cc2cccs2)c(C)s1. The van der Waals surface area contributed by atoms with Crippen molar-refractivity contribution in [3.63, 3.8) is 0 Å². The molecule has 0 saturated carbocycles. The molecule has 20 heavy (non-hydrogen) atoms. The quantitative estimate of drug-likeness (QED) is 0.834. The summed E-state index contributed by atoms with van der Waals surface area (Å²) in [6.45, 7) is 6.56. The number of rotatable bonds is 7. The fraction of sp³-hybridized carbons (Fsp3) is 0.500. The third-order valence-electron chi connectivity index (χ3n) is 3.67. The van der Waals surface area contributed by atoms with Crippen molar-refractivity contribution >= 4 is 22.7 Å². The number of likely N-dealkylation sites (N-methyl/N-ethyl adjacent to an activating group) is 1. The predicted molar refractivity (Wildman–Crippen MR) is 90.8 cm³/mol. The van der Waals surface area contributed by atoms with Gasteiger partial charge in [-0.2, -0.15) is 0 Å². The van der Waals surface area contributed by atoms with E-state index in [9.17, 15) is 0 Å². The summed E-state index contributed by atoms with van der Waals surface area (Å²) in [6, 6.07) is 7.29. The topological polar surface area (TPSA) is 15.3 Å². The minimum Gasteiger partial charge on any atom is -0.315 e. The Balaban J connectivity index is 1.94. The van der Waals surface area contributed by atoms with Gasteiger partial charge in [0.15, 0.2) is 0 Å². The molecule has 2 rings (SSSR count). The zero-order chi connectivity index (χ0) is 14.5. The van der Waals surface area contributed by atoms with Gasteiger partial charge in [-0.1, -0.05) is 6.07 Å². The lowest BCUT2D eigenvalue weighted by Gasteiger charge is -2.24. The van der Waals surface area contributed by atoms with Gasteiger partial charge in [-0.25, -0.2) is 0 Å².